The minimum absolute atomic E-state index is 0.361. The quantitative estimate of drug-likeness (QED) is 0.522. The van der Waals surface area contributed by atoms with Crippen molar-refractivity contribution in [1.82, 2.24) is 10.6 Å². The second-order valence-electron chi connectivity index (χ2n) is 2.63. The molecule has 0 aliphatic rings. The molecule has 0 rings (SSSR count). The van der Waals surface area contributed by atoms with Crippen LogP contribution in [0.3, 0.4) is 0 Å². The number of carbonyl (C=O) groups excluding carboxylic acids is 1. The van der Waals surface area contributed by atoms with Crippen molar-refractivity contribution >= 4 is 12.0 Å². The van der Waals surface area contributed by atoms with Gasteiger partial charge in [-0.3, -0.25) is 4.79 Å². The minimum atomic E-state index is -1.21. The summed E-state index contributed by atoms with van der Waals surface area (Å²) in [7, 11) is 1.45. The number of likely N-dealkylation sites (N-methyl/N-ethyl adjacent to an activating group) is 1. The lowest BCUT2D eigenvalue weighted by atomic mass is 10.1. The number of amides is 2. The Labute approximate surface area is 64.8 Å². The van der Waals surface area contributed by atoms with Crippen LogP contribution in [0.5, 0.6) is 0 Å². The number of carbonyl (C=O) groups is 2. The Bertz CT molecular complexity index is 177. The molecule has 0 saturated heterocycles. The molecule has 2 amide bonds. The van der Waals surface area contributed by atoms with Gasteiger partial charge in [0.15, 0.2) is 0 Å². The van der Waals surface area contributed by atoms with Gasteiger partial charge in [-0.15, -0.1) is 0 Å². The number of hydrogen-bond donors (Lipinski definition) is 3. The topological polar surface area (TPSA) is 78.4 Å². The first-order valence-corrected chi connectivity index (χ1v) is 3.13. The summed E-state index contributed by atoms with van der Waals surface area (Å²) in [5.41, 5.74) is -1.07. The molecule has 0 radical (unpaired) electrons. The third-order valence-corrected chi connectivity index (χ3v) is 1.21. The first kappa shape index (κ1) is 9.74. The fourth-order valence-corrected chi connectivity index (χ4v) is 0.637. The maximum atomic E-state index is 10.9. The Morgan fingerprint density at radius 1 is 1.36 bits per heavy atom. The molecule has 0 unspecified atom stereocenters. The van der Waals surface area contributed by atoms with Crippen LogP contribution < -0.4 is 10.6 Å². The molecule has 0 bridgehead atoms. The van der Waals surface area contributed by atoms with Gasteiger partial charge in [-0.05, 0) is 13.8 Å². The third kappa shape index (κ3) is 2.88. The highest BCUT2D eigenvalue weighted by molar-refractivity contribution is 5.88. The predicted octanol–water partition coefficient (Wildman–Crippen LogP) is -0.221. The van der Waals surface area contributed by atoms with E-state index in [0.717, 1.165) is 0 Å². The van der Waals surface area contributed by atoms with Crippen molar-refractivity contribution in [2.24, 2.45) is 0 Å². The van der Waals surface area contributed by atoms with Gasteiger partial charge in [0.25, 0.3) is 0 Å². The molecule has 0 atom stereocenters. The molecule has 0 spiro atoms. The SMILES string of the molecule is CNC(=O)C(C)(C)NC(=O)O. The number of nitrogens with one attached hydrogen (secondary N) is 2. The van der Waals surface area contributed by atoms with E-state index in [-0.39, 0.29) is 5.91 Å². The summed E-state index contributed by atoms with van der Waals surface area (Å²) in [5.74, 6) is -0.361. The first-order chi connectivity index (χ1) is 4.90. The van der Waals surface area contributed by atoms with Crippen molar-refractivity contribution in [2.75, 3.05) is 7.05 Å². The first-order valence-electron chi connectivity index (χ1n) is 3.13. The van der Waals surface area contributed by atoms with Crippen molar-refractivity contribution < 1.29 is 14.7 Å². The average molecular weight is 160 g/mol. The van der Waals surface area contributed by atoms with E-state index < -0.39 is 11.6 Å². The van der Waals surface area contributed by atoms with Crippen molar-refractivity contribution in [3.8, 4) is 0 Å². The predicted molar refractivity (Wildman–Crippen MR) is 39.3 cm³/mol. The lowest BCUT2D eigenvalue weighted by molar-refractivity contribution is -0.125. The number of hydrogen-bond acceptors (Lipinski definition) is 2. The minimum Gasteiger partial charge on any atom is -0.465 e. The molecule has 0 aromatic heterocycles. The van der Waals surface area contributed by atoms with Gasteiger partial charge >= 0.3 is 6.09 Å². The van der Waals surface area contributed by atoms with Crippen LogP contribution in [0.2, 0.25) is 0 Å². The van der Waals surface area contributed by atoms with Crippen molar-refractivity contribution in [3.05, 3.63) is 0 Å². The summed E-state index contributed by atoms with van der Waals surface area (Å²) >= 11 is 0. The van der Waals surface area contributed by atoms with Gasteiger partial charge in [0.05, 0.1) is 0 Å². The summed E-state index contributed by atoms with van der Waals surface area (Å²) in [6, 6.07) is 0. The molecule has 11 heavy (non-hydrogen) atoms. The van der Waals surface area contributed by atoms with E-state index in [1.807, 2.05) is 0 Å². The number of rotatable bonds is 2. The Hall–Kier alpha value is -1.26. The van der Waals surface area contributed by atoms with Crippen LogP contribution in [-0.2, 0) is 4.79 Å². The van der Waals surface area contributed by atoms with Gasteiger partial charge in [-0.2, -0.15) is 0 Å². The van der Waals surface area contributed by atoms with E-state index in [9.17, 15) is 9.59 Å². The highest BCUT2D eigenvalue weighted by atomic mass is 16.4. The lowest BCUT2D eigenvalue weighted by Crippen LogP contribution is -2.53. The summed E-state index contributed by atoms with van der Waals surface area (Å²) in [6.45, 7) is 2.97. The fraction of sp³-hybridized carbons (Fsp3) is 0.667. The van der Waals surface area contributed by atoms with E-state index in [1.54, 1.807) is 0 Å². The molecule has 0 aliphatic carbocycles. The van der Waals surface area contributed by atoms with E-state index in [0.29, 0.717) is 0 Å². The van der Waals surface area contributed by atoms with E-state index >= 15 is 0 Å². The van der Waals surface area contributed by atoms with Gasteiger partial charge in [0, 0.05) is 7.05 Å². The summed E-state index contributed by atoms with van der Waals surface area (Å²) in [5, 5.41) is 12.7. The van der Waals surface area contributed by atoms with Gasteiger partial charge in [-0.25, -0.2) is 4.79 Å². The molecule has 0 heterocycles. The van der Waals surface area contributed by atoms with Gasteiger partial charge in [-0.1, -0.05) is 0 Å². The maximum absolute atomic E-state index is 10.9. The lowest BCUT2D eigenvalue weighted by Gasteiger charge is -2.21. The van der Waals surface area contributed by atoms with Crippen LogP contribution in [0.4, 0.5) is 4.79 Å². The highest BCUT2D eigenvalue weighted by Gasteiger charge is 2.27. The van der Waals surface area contributed by atoms with Crippen LogP contribution in [0, 0.1) is 0 Å². The molecule has 0 aromatic carbocycles. The molecule has 3 N–H and O–H groups in total. The molecule has 64 valence electrons. The zero-order chi connectivity index (χ0) is 9.07. The second-order valence-corrected chi connectivity index (χ2v) is 2.63. The Morgan fingerprint density at radius 2 is 1.82 bits per heavy atom. The smallest absolute Gasteiger partial charge is 0.405 e. The highest BCUT2D eigenvalue weighted by Crippen LogP contribution is 2.00. The summed E-state index contributed by atoms with van der Waals surface area (Å²) in [4.78, 5) is 21.1. The van der Waals surface area contributed by atoms with Gasteiger partial charge < -0.3 is 15.7 Å². The Kier molecular flexibility index (Phi) is 2.86. The summed E-state index contributed by atoms with van der Waals surface area (Å²) in [6.07, 6.45) is -1.21. The van der Waals surface area contributed by atoms with Crippen LogP contribution >= 0.6 is 0 Å². The molecule has 0 aliphatic heterocycles. The Balaban J connectivity index is 4.21. The molecular weight excluding hydrogens is 148 g/mol. The van der Waals surface area contributed by atoms with Gasteiger partial charge in [0.2, 0.25) is 5.91 Å². The number of carboxylic acid groups (broad SMARTS) is 1. The van der Waals surface area contributed by atoms with E-state index in [2.05, 4.69) is 10.6 Å². The van der Waals surface area contributed by atoms with Crippen LogP contribution in [0.1, 0.15) is 13.8 Å². The zero-order valence-electron chi connectivity index (χ0n) is 6.76. The second kappa shape index (κ2) is 3.23. The maximum Gasteiger partial charge on any atom is 0.405 e. The van der Waals surface area contributed by atoms with E-state index in [4.69, 9.17) is 5.11 Å². The monoisotopic (exact) mass is 160 g/mol. The van der Waals surface area contributed by atoms with Crippen molar-refractivity contribution in [1.29, 1.82) is 0 Å². The zero-order valence-corrected chi connectivity index (χ0v) is 6.76. The molecule has 5 heteroatoms. The fourth-order valence-electron chi connectivity index (χ4n) is 0.637. The summed E-state index contributed by atoms with van der Waals surface area (Å²) < 4.78 is 0. The molecule has 0 fully saturated rings. The van der Waals surface area contributed by atoms with Crippen molar-refractivity contribution in [2.45, 2.75) is 19.4 Å². The molecule has 0 saturated carbocycles. The average Bonchev–Trinajstić information content (AvgIpc) is 1.83. The van der Waals surface area contributed by atoms with Crippen LogP contribution in [0.25, 0.3) is 0 Å². The van der Waals surface area contributed by atoms with Crippen LogP contribution in [0.15, 0.2) is 0 Å². The molecular formula is C6H12N2O3. The standard InChI is InChI=1S/C6H12N2O3/c1-6(2,4(9)7-3)8-5(10)11/h8H,1-3H3,(H,7,9)(H,10,11). The Morgan fingerprint density at radius 3 is 2.09 bits per heavy atom. The van der Waals surface area contributed by atoms with Crippen molar-refractivity contribution in [3.63, 3.8) is 0 Å². The van der Waals surface area contributed by atoms with Gasteiger partial charge in [0.1, 0.15) is 5.54 Å². The van der Waals surface area contributed by atoms with E-state index in [1.165, 1.54) is 20.9 Å². The largest absolute Gasteiger partial charge is 0.465 e. The normalized spacial score (nSPS) is 10.5. The molecule has 5 nitrogen and oxygen atoms in total. The third-order valence-electron chi connectivity index (χ3n) is 1.21. The van der Waals surface area contributed by atoms with Crippen LogP contribution in [-0.4, -0.2) is 29.7 Å². The molecule has 0 aromatic rings.